The van der Waals surface area contributed by atoms with Crippen molar-refractivity contribution in [1.82, 2.24) is 9.62 Å². The predicted octanol–water partition coefficient (Wildman–Crippen LogP) is 2.09. The molecule has 1 N–H and O–H groups in total. The van der Waals surface area contributed by atoms with Crippen LogP contribution in [0.1, 0.15) is 46.2 Å². The summed E-state index contributed by atoms with van der Waals surface area (Å²) in [6.07, 6.45) is 0. The van der Waals surface area contributed by atoms with Gasteiger partial charge < -0.3 is 9.47 Å². The van der Waals surface area contributed by atoms with Crippen molar-refractivity contribution in [3.05, 3.63) is 29.8 Å². The van der Waals surface area contributed by atoms with Gasteiger partial charge in [0.05, 0.1) is 18.1 Å². The fraction of sp³-hybridized carbons (Fsp3) is 0.632. The van der Waals surface area contributed by atoms with E-state index in [9.17, 15) is 13.2 Å². The molecule has 0 saturated carbocycles. The van der Waals surface area contributed by atoms with Crippen molar-refractivity contribution in [2.45, 2.75) is 57.2 Å². The van der Waals surface area contributed by atoms with Gasteiger partial charge in [-0.2, -0.15) is 4.31 Å². The van der Waals surface area contributed by atoms with E-state index in [0.717, 1.165) is 5.56 Å². The summed E-state index contributed by atoms with van der Waals surface area (Å²) in [6.45, 7) is 10.6. The van der Waals surface area contributed by atoms with Gasteiger partial charge in [0.1, 0.15) is 11.6 Å². The number of ether oxygens (including phenoxy) is 2. The van der Waals surface area contributed by atoms with Crippen molar-refractivity contribution in [2.24, 2.45) is 0 Å². The third-order valence-electron chi connectivity index (χ3n) is 4.23. The van der Waals surface area contributed by atoms with Crippen molar-refractivity contribution in [1.29, 1.82) is 0 Å². The van der Waals surface area contributed by atoms with Crippen molar-refractivity contribution < 1.29 is 22.7 Å². The first-order valence-corrected chi connectivity index (χ1v) is 10.6. The topological polar surface area (TPSA) is 84.9 Å². The number of esters is 1. The lowest BCUT2D eigenvalue weighted by Crippen LogP contribution is -2.41. The van der Waals surface area contributed by atoms with E-state index in [1.54, 1.807) is 25.1 Å². The summed E-state index contributed by atoms with van der Waals surface area (Å²) in [7, 11) is -3.55. The van der Waals surface area contributed by atoms with Crippen LogP contribution in [0.4, 0.5) is 0 Å². The Bertz CT molecular complexity index is 752. The molecule has 1 aliphatic rings. The fourth-order valence-electron chi connectivity index (χ4n) is 2.81. The van der Waals surface area contributed by atoms with Gasteiger partial charge in [-0.05, 0) is 52.3 Å². The normalized spacial score (nSPS) is 18.7. The summed E-state index contributed by atoms with van der Waals surface area (Å²) in [5.74, 6) is -0.341. The molecule has 1 heterocycles. The second-order valence-corrected chi connectivity index (χ2v) is 9.67. The van der Waals surface area contributed by atoms with Crippen LogP contribution in [0.25, 0.3) is 0 Å². The van der Waals surface area contributed by atoms with Gasteiger partial charge in [0, 0.05) is 19.1 Å². The third kappa shape index (κ3) is 6.00. The highest BCUT2D eigenvalue weighted by Gasteiger charge is 2.27. The molecular formula is C19H30N2O5S. The number of rotatable bonds is 6. The molecule has 0 bridgehead atoms. The second-order valence-electron chi connectivity index (χ2n) is 7.73. The molecule has 152 valence electrons. The standard InChI is InChI=1S/C19H30N2O5S/c1-14(20-15(2)18(22)26-19(3,4)5)16-7-6-8-17(13-16)27(23,24)21-9-11-25-12-10-21/h6-8,13-15,20H,9-12H2,1-5H3/t14-,15+/m0/s1. The number of carbonyl (C=O) groups excluding carboxylic acids is 1. The highest BCUT2D eigenvalue weighted by molar-refractivity contribution is 7.89. The Kier molecular flexibility index (Phi) is 7.02. The molecule has 8 heteroatoms. The van der Waals surface area contributed by atoms with E-state index in [1.165, 1.54) is 4.31 Å². The Hall–Kier alpha value is -1.48. The summed E-state index contributed by atoms with van der Waals surface area (Å²) in [4.78, 5) is 12.4. The van der Waals surface area contributed by atoms with Gasteiger partial charge in [0.2, 0.25) is 10.0 Å². The van der Waals surface area contributed by atoms with Crippen LogP contribution in [-0.4, -0.2) is 56.6 Å². The van der Waals surface area contributed by atoms with Crippen molar-refractivity contribution in [2.75, 3.05) is 26.3 Å². The maximum Gasteiger partial charge on any atom is 0.323 e. The van der Waals surface area contributed by atoms with Crippen molar-refractivity contribution >= 4 is 16.0 Å². The minimum absolute atomic E-state index is 0.215. The molecular weight excluding hydrogens is 368 g/mol. The Morgan fingerprint density at radius 1 is 1.22 bits per heavy atom. The molecule has 0 unspecified atom stereocenters. The summed E-state index contributed by atoms with van der Waals surface area (Å²) in [5.41, 5.74) is 0.238. The zero-order chi connectivity index (χ0) is 20.2. The lowest BCUT2D eigenvalue weighted by Gasteiger charge is -2.27. The number of nitrogens with one attached hydrogen (secondary N) is 1. The number of benzene rings is 1. The smallest absolute Gasteiger partial charge is 0.323 e. The van der Waals surface area contributed by atoms with E-state index < -0.39 is 21.7 Å². The number of morpholine rings is 1. The Morgan fingerprint density at radius 2 is 1.85 bits per heavy atom. The van der Waals surface area contributed by atoms with Crippen molar-refractivity contribution in [3.8, 4) is 0 Å². The van der Waals surface area contributed by atoms with Crippen LogP contribution < -0.4 is 5.32 Å². The maximum atomic E-state index is 12.8. The third-order valence-corrected chi connectivity index (χ3v) is 6.12. The first kappa shape index (κ1) is 21.8. The minimum atomic E-state index is -3.55. The number of hydrogen-bond donors (Lipinski definition) is 1. The lowest BCUT2D eigenvalue weighted by molar-refractivity contribution is -0.157. The summed E-state index contributed by atoms with van der Waals surface area (Å²) < 4.78 is 37.7. The van der Waals surface area contributed by atoms with Gasteiger partial charge in [0.25, 0.3) is 0 Å². The average Bonchev–Trinajstić information content (AvgIpc) is 2.61. The number of carbonyl (C=O) groups is 1. The van der Waals surface area contributed by atoms with Crippen LogP contribution in [0.2, 0.25) is 0 Å². The van der Waals surface area contributed by atoms with E-state index in [-0.39, 0.29) is 16.9 Å². The highest BCUT2D eigenvalue weighted by Crippen LogP contribution is 2.22. The summed E-state index contributed by atoms with van der Waals surface area (Å²) >= 11 is 0. The molecule has 1 aliphatic heterocycles. The van der Waals surface area contributed by atoms with Crippen LogP contribution in [0.15, 0.2) is 29.2 Å². The largest absolute Gasteiger partial charge is 0.459 e. The quantitative estimate of drug-likeness (QED) is 0.739. The summed E-state index contributed by atoms with van der Waals surface area (Å²) in [5, 5.41) is 3.17. The molecule has 2 atom stereocenters. The molecule has 2 rings (SSSR count). The van der Waals surface area contributed by atoms with Gasteiger partial charge in [0.15, 0.2) is 0 Å². The Labute approximate surface area is 162 Å². The molecule has 1 aromatic carbocycles. The summed E-state index contributed by atoms with van der Waals surface area (Å²) in [6, 6.07) is 6.09. The van der Waals surface area contributed by atoms with Gasteiger partial charge in [-0.25, -0.2) is 8.42 Å². The van der Waals surface area contributed by atoms with Crippen molar-refractivity contribution in [3.63, 3.8) is 0 Å². The molecule has 27 heavy (non-hydrogen) atoms. The molecule has 0 spiro atoms. The number of sulfonamides is 1. The molecule has 1 fully saturated rings. The van der Waals surface area contributed by atoms with Crippen LogP contribution >= 0.6 is 0 Å². The van der Waals surface area contributed by atoms with Crippen LogP contribution in [0.5, 0.6) is 0 Å². The van der Waals surface area contributed by atoms with E-state index in [1.807, 2.05) is 33.8 Å². The molecule has 1 aromatic rings. The molecule has 0 amide bonds. The second kappa shape index (κ2) is 8.68. The van der Waals surface area contributed by atoms with Gasteiger partial charge in [-0.15, -0.1) is 0 Å². The fourth-order valence-corrected chi connectivity index (χ4v) is 4.27. The highest BCUT2D eigenvalue weighted by atomic mass is 32.2. The number of nitrogens with zero attached hydrogens (tertiary/aromatic N) is 1. The van der Waals surface area contributed by atoms with E-state index in [4.69, 9.17) is 9.47 Å². The van der Waals surface area contributed by atoms with Crippen LogP contribution in [0, 0.1) is 0 Å². The Balaban J connectivity index is 2.11. The van der Waals surface area contributed by atoms with Gasteiger partial charge in [-0.1, -0.05) is 12.1 Å². The van der Waals surface area contributed by atoms with E-state index in [2.05, 4.69) is 5.32 Å². The zero-order valence-electron chi connectivity index (χ0n) is 16.7. The molecule has 0 radical (unpaired) electrons. The first-order chi connectivity index (χ1) is 12.5. The molecule has 0 aromatic heterocycles. The predicted molar refractivity (Wildman–Crippen MR) is 103 cm³/mol. The molecule has 7 nitrogen and oxygen atoms in total. The number of hydrogen-bond acceptors (Lipinski definition) is 6. The zero-order valence-corrected chi connectivity index (χ0v) is 17.5. The Morgan fingerprint density at radius 3 is 2.44 bits per heavy atom. The molecule has 1 saturated heterocycles. The maximum absolute atomic E-state index is 12.8. The SMILES string of the molecule is C[C@H](N[C@H](C)C(=O)OC(C)(C)C)c1cccc(S(=O)(=O)N2CCOCC2)c1. The van der Waals surface area contributed by atoms with Gasteiger partial charge >= 0.3 is 5.97 Å². The first-order valence-electron chi connectivity index (χ1n) is 9.17. The van der Waals surface area contributed by atoms with E-state index >= 15 is 0 Å². The average molecular weight is 399 g/mol. The minimum Gasteiger partial charge on any atom is -0.459 e. The van der Waals surface area contributed by atoms with Crippen LogP contribution in [-0.2, 0) is 24.3 Å². The molecule has 0 aliphatic carbocycles. The monoisotopic (exact) mass is 398 g/mol. The lowest BCUT2D eigenvalue weighted by atomic mass is 10.1. The van der Waals surface area contributed by atoms with E-state index in [0.29, 0.717) is 26.3 Å². The van der Waals surface area contributed by atoms with Crippen LogP contribution in [0.3, 0.4) is 0 Å². The van der Waals surface area contributed by atoms with Gasteiger partial charge in [-0.3, -0.25) is 10.1 Å².